The number of aromatic nitrogens is 3. The second kappa shape index (κ2) is 10.9. The largest absolute Gasteiger partial charge is 0.490 e. The molecule has 0 saturated heterocycles. The third kappa shape index (κ3) is 5.91. The van der Waals surface area contributed by atoms with Crippen molar-refractivity contribution in [3.8, 4) is 11.5 Å². The summed E-state index contributed by atoms with van der Waals surface area (Å²) in [4.78, 5) is 24.5. The van der Waals surface area contributed by atoms with Gasteiger partial charge in [-0.25, -0.2) is 4.79 Å². The molecule has 0 bridgehead atoms. The lowest BCUT2D eigenvalue weighted by atomic mass is 10.2. The second-order valence-corrected chi connectivity index (χ2v) is 6.68. The Morgan fingerprint density at radius 2 is 1.94 bits per heavy atom. The molecule has 8 nitrogen and oxygen atoms in total. The van der Waals surface area contributed by atoms with Crippen LogP contribution in [0.3, 0.4) is 0 Å². The smallest absolute Gasteiger partial charge is 0.332 e. The molecule has 0 aliphatic heterocycles. The Bertz CT molecular complexity index is 1120. The molecule has 3 rings (SSSR count). The summed E-state index contributed by atoms with van der Waals surface area (Å²) in [5.74, 6) is 0.680. The highest BCUT2D eigenvalue weighted by Crippen LogP contribution is 2.29. The van der Waals surface area contributed by atoms with Gasteiger partial charge in [-0.1, -0.05) is 36.8 Å². The molecule has 31 heavy (non-hydrogen) atoms. The predicted octanol–water partition coefficient (Wildman–Crippen LogP) is 3.58. The number of carbonyl (C=O) groups excluding carboxylic acids is 1. The first-order chi connectivity index (χ1) is 15.1. The van der Waals surface area contributed by atoms with Crippen molar-refractivity contribution in [3.05, 3.63) is 64.5 Å². The first-order valence-corrected chi connectivity index (χ1v) is 10.2. The number of hydrogen-bond donors (Lipinski definition) is 0. The van der Waals surface area contributed by atoms with Crippen LogP contribution in [0.1, 0.15) is 32.3 Å². The van der Waals surface area contributed by atoms with Gasteiger partial charge in [0, 0.05) is 6.08 Å². The molecule has 2 aromatic carbocycles. The maximum absolute atomic E-state index is 12.4. The molecule has 0 saturated carbocycles. The summed E-state index contributed by atoms with van der Waals surface area (Å²) in [6, 6.07) is 12.3. The number of rotatable bonds is 10. The van der Waals surface area contributed by atoms with Gasteiger partial charge in [-0.2, -0.15) is 4.68 Å². The number of carbonyl (C=O) groups is 1. The van der Waals surface area contributed by atoms with Crippen LogP contribution in [0.5, 0.6) is 11.5 Å². The van der Waals surface area contributed by atoms with Crippen molar-refractivity contribution in [3.63, 3.8) is 0 Å². The first-order valence-electron chi connectivity index (χ1n) is 10.2. The van der Waals surface area contributed by atoms with Gasteiger partial charge in [0.25, 0.3) is 5.56 Å². The Balaban J connectivity index is 1.63. The lowest BCUT2D eigenvalue weighted by Crippen LogP contribution is -2.26. The summed E-state index contributed by atoms with van der Waals surface area (Å²) >= 11 is 0. The van der Waals surface area contributed by atoms with Gasteiger partial charge in [0.1, 0.15) is 5.52 Å². The number of fused-ring (bicyclic) bond motifs is 1. The van der Waals surface area contributed by atoms with Gasteiger partial charge in [-0.3, -0.25) is 4.79 Å². The minimum absolute atomic E-state index is 0.325. The first kappa shape index (κ1) is 22.0. The van der Waals surface area contributed by atoms with Gasteiger partial charge >= 0.3 is 5.97 Å². The molecule has 3 aromatic rings. The molecule has 0 radical (unpaired) electrons. The summed E-state index contributed by atoms with van der Waals surface area (Å²) in [6.07, 6.45) is 4.89. The molecule has 1 heterocycles. The predicted molar refractivity (Wildman–Crippen MR) is 117 cm³/mol. The molecule has 162 valence electrons. The van der Waals surface area contributed by atoms with Crippen LogP contribution in [0.2, 0.25) is 0 Å². The molecule has 0 amide bonds. The average molecular weight is 423 g/mol. The molecule has 0 N–H and O–H groups in total. The standard InChI is InChI=1S/C23H25N3O5/c1-3-5-14-30-20-12-10-17(15-21(20)29-4-2)11-13-22(27)31-16-26-23(28)18-8-6-7-9-19(18)24-25-26/h6-13,15H,3-5,14,16H2,1-2H3. The van der Waals surface area contributed by atoms with E-state index in [2.05, 4.69) is 17.2 Å². The minimum Gasteiger partial charge on any atom is -0.490 e. The number of ether oxygens (including phenoxy) is 3. The SMILES string of the molecule is CCCCOc1ccc(C=CC(=O)OCn2nnc3ccccc3c2=O)cc1OCC. The molecule has 0 spiro atoms. The van der Waals surface area contributed by atoms with Crippen LogP contribution in [-0.4, -0.2) is 34.2 Å². The molecule has 0 aliphatic rings. The highest BCUT2D eigenvalue weighted by Gasteiger charge is 2.08. The van der Waals surface area contributed by atoms with E-state index < -0.39 is 5.97 Å². The maximum atomic E-state index is 12.4. The van der Waals surface area contributed by atoms with Gasteiger partial charge < -0.3 is 14.2 Å². The summed E-state index contributed by atoms with van der Waals surface area (Å²) in [5.41, 5.74) is 0.871. The quantitative estimate of drug-likeness (QED) is 0.279. The number of unbranched alkanes of at least 4 members (excludes halogenated alkanes) is 1. The Labute approximate surface area is 180 Å². The molecular formula is C23H25N3O5. The molecule has 0 unspecified atom stereocenters. The van der Waals surface area contributed by atoms with Crippen molar-refractivity contribution in [2.24, 2.45) is 0 Å². The molecule has 1 aromatic heterocycles. The van der Waals surface area contributed by atoms with Crippen LogP contribution in [-0.2, 0) is 16.3 Å². The Hall–Kier alpha value is -3.68. The maximum Gasteiger partial charge on any atom is 0.332 e. The fraction of sp³-hybridized carbons (Fsp3) is 0.304. The van der Waals surface area contributed by atoms with Crippen molar-refractivity contribution in [1.82, 2.24) is 15.0 Å². The summed E-state index contributed by atoms with van der Waals surface area (Å²) in [5, 5.41) is 8.16. The van der Waals surface area contributed by atoms with Crippen LogP contribution in [0.25, 0.3) is 17.0 Å². The number of esters is 1. The van der Waals surface area contributed by atoms with E-state index in [4.69, 9.17) is 14.2 Å². The van der Waals surface area contributed by atoms with E-state index in [1.54, 1.807) is 36.4 Å². The normalized spacial score (nSPS) is 11.0. The number of nitrogens with zero attached hydrogens (tertiary/aromatic N) is 3. The average Bonchev–Trinajstić information content (AvgIpc) is 2.79. The van der Waals surface area contributed by atoms with Crippen molar-refractivity contribution in [2.45, 2.75) is 33.4 Å². The Morgan fingerprint density at radius 3 is 2.74 bits per heavy atom. The van der Waals surface area contributed by atoms with Gasteiger partial charge in [0.2, 0.25) is 0 Å². The van der Waals surface area contributed by atoms with Gasteiger partial charge in [-0.05, 0) is 49.2 Å². The van der Waals surface area contributed by atoms with Crippen molar-refractivity contribution in [2.75, 3.05) is 13.2 Å². The van der Waals surface area contributed by atoms with Crippen molar-refractivity contribution in [1.29, 1.82) is 0 Å². The van der Waals surface area contributed by atoms with Gasteiger partial charge in [0.15, 0.2) is 18.2 Å². The van der Waals surface area contributed by atoms with Crippen LogP contribution in [0, 0.1) is 0 Å². The van der Waals surface area contributed by atoms with Gasteiger partial charge in [-0.15, -0.1) is 5.10 Å². The third-order valence-corrected chi connectivity index (χ3v) is 4.39. The third-order valence-electron chi connectivity index (χ3n) is 4.39. The fourth-order valence-electron chi connectivity index (χ4n) is 2.79. The monoisotopic (exact) mass is 423 g/mol. The fourth-order valence-corrected chi connectivity index (χ4v) is 2.79. The lowest BCUT2D eigenvalue weighted by Gasteiger charge is -2.12. The number of benzene rings is 2. The molecule has 0 fully saturated rings. The highest BCUT2D eigenvalue weighted by molar-refractivity contribution is 5.87. The van der Waals surface area contributed by atoms with E-state index in [-0.39, 0.29) is 12.3 Å². The van der Waals surface area contributed by atoms with Crippen molar-refractivity contribution < 1.29 is 19.0 Å². The van der Waals surface area contributed by atoms with Gasteiger partial charge in [0.05, 0.1) is 18.6 Å². The minimum atomic E-state index is -0.608. The van der Waals surface area contributed by atoms with Crippen LogP contribution in [0.4, 0.5) is 0 Å². The van der Waals surface area contributed by atoms with E-state index in [0.29, 0.717) is 35.6 Å². The highest BCUT2D eigenvalue weighted by atomic mass is 16.5. The molecule has 8 heteroatoms. The molecule has 0 aliphatic carbocycles. The summed E-state index contributed by atoms with van der Waals surface area (Å²) < 4.78 is 17.5. The van der Waals surface area contributed by atoms with Crippen LogP contribution >= 0.6 is 0 Å². The zero-order chi connectivity index (χ0) is 22.1. The topological polar surface area (TPSA) is 92.5 Å². The Kier molecular flexibility index (Phi) is 7.75. The summed E-state index contributed by atoms with van der Waals surface area (Å²) in [7, 11) is 0. The summed E-state index contributed by atoms with van der Waals surface area (Å²) in [6.45, 7) is 4.79. The molecule has 0 atom stereocenters. The van der Waals surface area contributed by atoms with E-state index in [1.807, 2.05) is 19.1 Å². The van der Waals surface area contributed by atoms with Crippen molar-refractivity contribution >= 4 is 22.9 Å². The zero-order valence-electron chi connectivity index (χ0n) is 17.6. The second-order valence-electron chi connectivity index (χ2n) is 6.68. The Morgan fingerprint density at radius 1 is 1.10 bits per heavy atom. The molecular weight excluding hydrogens is 398 g/mol. The van der Waals surface area contributed by atoms with E-state index >= 15 is 0 Å². The van der Waals surface area contributed by atoms with E-state index in [1.165, 1.54) is 6.08 Å². The number of hydrogen-bond acceptors (Lipinski definition) is 7. The van der Waals surface area contributed by atoms with Crippen LogP contribution < -0.4 is 15.0 Å². The van der Waals surface area contributed by atoms with E-state index in [0.717, 1.165) is 23.1 Å². The lowest BCUT2D eigenvalue weighted by molar-refractivity contribution is -0.141. The van der Waals surface area contributed by atoms with E-state index in [9.17, 15) is 9.59 Å². The van der Waals surface area contributed by atoms with Crippen LogP contribution in [0.15, 0.2) is 53.3 Å². The zero-order valence-corrected chi connectivity index (χ0v) is 17.6.